The summed E-state index contributed by atoms with van der Waals surface area (Å²) in [6.07, 6.45) is 6.92. The van der Waals surface area contributed by atoms with E-state index in [9.17, 15) is 0 Å². The van der Waals surface area contributed by atoms with Crippen LogP contribution in [-0.4, -0.2) is 36.1 Å². The highest BCUT2D eigenvalue weighted by Crippen LogP contribution is 2.37. The number of fused-ring (bicyclic) bond motifs is 2. The summed E-state index contributed by atoms with van der Waals surface area (Å²) in [6, 6.07) is 3.33. The number of piperidine rings is 1. The Bertz CT molecular complexity index is 179. The van der Waals surface area contributed by atoms with Crippen LogP contribution in [0.4, 0.5) is 0 Å². The monoisotopic (exact) mass is 196 g/mol. The second-order valence-electron chi connectivity index (χ2n) is 5.05. The SMILES string of the molecule is CCC(C)N1C2CCC1CC(NC)C2. The predicted octanol–water partition coefficient (Wildman–Crippen LogP) is 2.00. The van der Waals surface area contributed by atoms with E-state index >= 15 is 0 Å². The molecule has 0 aliphatic carbocycles. The van der Waals surface area contributed by atoms with Crippen molar-refractivity contribution < 1.29 is 0 Å². The normalized spacial score (nSPS) is 40.1. The summed E-state index contributed by atoms with van der Waals surface area (Å²) < 4.78 is 0. The van der Waals surface area contributed by atoms with Gasteiger partial charge in [0.25, 0.3) is 0 Å². The molecule has 0 radical (unpaired) electrons. The van der Waals surface area contributed by atoms with Crippen molar-refractivity contribution in [2.24, 2.45) is 0 Å². The molecule has 2 bridgehead atoms. The number of rotatable bonds is 3. The van der Waals surface area contributed by atoms with Crippen LogP contribution in [0.25, 0.3) is 0 Å². The van der Waals surface area contributed by atoms with Gasteiger partial charge in [-0.05, 0) is 46.1 Å². The number of hydrogen-bond acceptors (Lipinski definition) is 2. The number of hydrogen-bond donors (Lipinski definition) is 1. The Balaban J connectivity index is 2.02. The van der Waals surface area contributed by atoms with Crippen molar-refractivity contribution in [3.05, 3.63) is 0 Å². The Morgan fingerprint density at radius 1 is 1.29 bits per heavy atom. The third kappa shape index (κ3) is 1.70. The first-order valence-corrected chi connectivity index (χ1v) is 6.21. The summed E-state index contributed by atoms with van der Waals surface area (Å²) >= 11 is 0. The molecule has 2 heteroatoms. The Morgan fingerprint density at radius 2 is 1.86 bits per heavy atom. The van der Waals surface area contributed by atoms with Gasteiger partial charge in [0.05, 0.1) is 0 Å². The summed E-state index contributed by atoms with van der Waals surface area (Å²) in [6.45, 7) is 4.71. The van der Waals surface area contributed by atoms with E-state index in [0.717, 1.165) is 24.2 Å². The second-order valence-corrected chi connectivity index (χ2v) is 5.05. The minimum atomic E-state index is 0.785. The van der Waals surface area contributed by atoms with Gasteiger partial charge < -0.3 is 5.32 Å². The molecule has 0 aromatic carbocycles. The van der Waals surface area contributed by atoms with E-state index in [-0.39, 0.29) is 0 Å². The highest BCUT2D eigenvalue weighted by molar-refractivity contribution is 4.98. The first kappa shape index (κ1) is 10.4. The lowest BCUT2D eigenvalue weighted by atomic mass is 9.95. The topological polar surface area (TPSA) is 15.3 Å². The Kier molecular flexibility index (Phi) is 3.13. The zero-order chi connectivity index (χ0) is 10.1. The van der Waals surface area contributed by atoms with E-state index in [1.807, 2.05) is 0 Å². The Labute approximate surface area is 88.1 Å². The van der Waals surface area contributed by atoms with Crippen LogP contribution in [0.5, 0.6) is 0 Å². The molecule has 2 nitrogen and oxygen atoms in total. The number of nitrogens with zero attached hydrogens (tertiary/aromatic N) is 1. The molecule has 0 aromatic heterocycles. The molecule has 0 spiro atoms. The largest absolute Gasteiger partial charge is 0.317 e. The average molecular weight is 196 g/mol. The van der Waals surface area contributed by atoms with Crippen LogP contribution >= 0.6 is 0 Å². The van der Waals surface area contributed by atoms with Crippen LogP contribution in [0.15, 0.2) is 0 Å². The molecule has 2 rings (SSSR count). The number of nitrogens with one attached hydrogen (secondary N) is 1. The van der Waals surface area contributed by atoms with Gasteiger partial charge in [0.15, 0.2) is 0 Å². The molecule has 0 aromatic rings. The van der Waals surface area contributed by atoms with Gasteiger partial charge in [-0.15, -0.1) is 0 Å². The van der Waals surface area contributed by atoms with Gasteiger partial charge in [0.2, 0.25) is 0 Å². The second kappa shape index (κ2) is 4.19. The van der Waals surface area contributed by atoms with Gasteiger partial charge in [0.1, 0.15) is 0 Å². The van der Waals surface area contributed by atoms with Crippen molar-refractivity contribution in [3.8, 4) is 0 Å². The maximum atomic E-state index is 3.46. The maximum Gasteiger partial charge on any atom is 0.0116 e. The lowest BCUT2D eigenvalue weighted by Gasteiger charge is -2.42. The third-order valence-corrected chi connectivity index (χ3v) is 4.30. The molecule has 14 heavy (non-hydrogen) atoms. The van der Waals surface area contributed by atoms with Crippen LogP contribution in [0.2, 0.25) is 0 Å². The molecular weight excluding hydrogens is 172 g/mol. The molecule has 82 valence electrons. The highest BCUT2D eigenvalue weighted by atomic mass is 15.2. The highest BCUT2D eigenvalue weighted by Gasteiger charge is 2.41. The van der Waals surface area contributed by atoms with E-state index in [2.05, 4.69) is 31.1 Å². The molecule has 1 N–H and O–H groups in total. The van der Waals surface area contributed by atoms with E-state index < -0.39 is 0 Å². The van der Waals surface area contributed by atoms with Crippen LogP contribution in [0.1, 0.15) is 46.0 Å². The molecular formula is C12H24N2. The molecule has 3 atom stereocenters. The van der Waals surface area contributed by atoms with Crippen LogP contribution in [-0.2, 0) is 0 Å². The summed E-state index contributed by atoms with van der Waals surface area (Å²) in [5, 5.41) is 3.46. The standard InChI is InChI=1S/C12H24N2/c1-4-9(2)14-11-5-6-12(14)8-10(7-11)13-3/h9-13H,4-8H2,1-3H3. The molecule has 0 saturated carbocycles. The first-order chi connectivity index (χ1) is 6.76. The molecule has 2 heterocycles. The summed E-state index contributed by atoms with van der Waals surface area (Å²) in [5.74, 6) is 0. The minimum absolute atomic E-state index is 0.785. The maximum absolute atomic E-state index is 3.46. The van der Waals surface area contributed by atoms with Crippen molar-refractivity contribution in [1.29, 1.82) is 0 Å². The van der Waals surface area contributed by atoms with Gasteiger partial charge in [-0.1, -0.05) is 6.92 Å². The molecule has 3 unspecified atom stereocenters. The van der Waals surface area contributed by atoms with Crippen LogP contribution in [0.3, 0.4) is 0 Å². The first-order valence-electron chi connectivity index (χ1n) is 6.21. The van der Waals surface area contributed by atoms with Crippen molar-refractivity contribution in [2.45, 2.75) is 70.1 Å². The quantitative estimate of drug-likeness (QED) is 0.742. The zero-order valence-electron chi connectivity index (χ0n) is 9.79. The van der Waals surface area contributed by atoms with Crippen molar-refractivity contribution in [1.82, 2.24) is 10.2 Å². The lowest BCUT2D eigenvalue weighted by Crippen LogP contribution is -2.51. The van der Waals surface area contributed by atoms with E-state index in [4.69, 9.17) is 0 Å². The molecule has 2 fully saturated rings. The molecule has 0 amide bonds. The van der Waals surface area contributed by atoms with Gasteiger partial charge >= 0.3 is 0 Å². The summed E-state index contributed by atoms with van der Waals surface area (Å²) in [5.41, 5.74) is 0. The third-order valence-electron chi connectivity index (χ3n) is 4.30. The fourth-order valence-electron chi connectivity index (χ4n) is 3.38. The fourth-order valence-corrected chi connectivity index (χ4v) is 3.38. The summed E-state index contributed by atoms with van der Waals surface area (Å²) in [4.78, 5) is 2.80. The Hall–Kier alpha value is -0.0800. The van der Waals surface area contributed by atoms with Crippen LogP contribution < -0.4 is 5.32 Å². The Morgan fingerprint density at radius 3 is 2.29 bits per heavy atom. The lowest BCUT2D eigenvalue weighted by molar-refractivity contribution is 0.0773. The van der Waals surface area contributed by atoms with Gasteiger partial charge in [0, 0.05) is 24.2 Å². The van der Waals surface area contributed by atoms with E-state index in [0.29, 0.717) is 0 Å². The zero-order valence-corrected chi connectivity index (χ0v) is 9.79. The molecule has 2 saturated heterocycles. The summed E-state index contributed by atoms with van der Waals surface area (Å²) in [7, 11) is 2.11. The van der Waals surface area contributed by atoms with Crippen molar-refractivity contribution in [2.75, 3.05) is 7.05 Å². The molecule has 2 aliphatic heterocycles. The fraction of sp³-hybridized carbons (Fsp3) is 1.00. The minimum Gasteiger partial charge on any atom is -0.317 e. The van der Waals surface area contributed by atoms with Crippen molar-refractivity contribution in [3.63, 3.8) is 0 Å². The van der Waals surface area contributed by atoms with Crippen molar-refractivity contribution >= 4 is 0 Å². The van der Waals surface area contributed by atoms with Gasteiger partial charge in [-0.2, -0.15) is 0 Å². The predicted molar refractivity (Wildman–Crippen MR) is 60.5 cm³/mol. The average Bonchev–Trinajstić information content (AvgIpc) is 2.48. The molecule has 2 aliphatic rings. The van der Waals surface area contributed by atoms with Gasteiger partial charge in [-0.3, -0.25) is 4.90 Å². The smallest absolute Gasteiger partial charge is 0.0116 e. The van der Waals surface area contributed by atoms with E-state index in [1.165, 1.54) is 32.1 Å². The van der Waals surface area contributed by atoms with Crippen LogP contribution in [0, 0.1) is 0 Å². The van der Waals surface area contributed by atoms with Gasteiger partial charge in [-0.25, -0.2) is 0 Å². The van der Waals surface area contributed by atoms with E-state index in [1.54, 1.807) is 0 Å².